The smallest absolute Gasteiger partial charge is 0.260 e. The van der Waals surface area contributed by atoms with Gasteiger partial charge in [0.15, 0.2) is 11.5 Å². The lowest BCUT2D eigenvalue weighted by molar-refractivity contribution is -0.134. The number of hydrogen-bond acceptors (Lipinski definition) is 6. The van der Waals surface area contributed by atoms with Crippen LogP contribution in [0.1, 0.15) is 51.5 Å². The van der Waals surface area contributed by atoms with Gasteiger partial charge in [-0.2, -0.15) is 5.26 Å². The Labute approximate surface area is 172 Å². The number of benzene rings is 1. The van der Waals surface area contributed by atoms with Gasteiger partial charge < -0.3 is 9.47 Å². The number of hydroxylamine groups is 1. The molecule has 0 aromatic heterocycles. The molecule has 1 aromatic rings. The fourth-order valence-electron chi connectivity index (χ4n) is 4.53. The van der Waals surface area contributed by atoms with Crippen molar-refractivity contribution < 1.29 is 19.5 Å². The van der Waals surface area contributed by atoms with Crippen molar-refractivity contribution in [3.63, 3.8) is 0 Å². The third-order valence-electron chi connectivity index (χ3n) is 6.68. The number of nitrogens with one attached hydrogen (secondary N) is 1. The molecule has 1 saturated heterocycles. The van der Waals surface area contributed by atoms with E-state index in [0.717, 1.165) is 12.0 Å². The van der Waals surface area contributed by atoms with Crippen LogP contribution in [-0.4, -0.2) is 48.4 Å². The topological polar surface area (TPSA) is 94.8 Å². The van der Waals surface area contributed by atoms with Crippen LogP contribution >= 0.6 is 0 Å². The van der Waals surface area contributed by atoms with E-state index >= 15 is 0 Å². The number of amides is 1. The average Bonchev–Trinajstić information content (AvgIpc) is 3.17. The Morgan fingerprint density at radius 3 is 2.62 bits per heavy atom. The van der Waals surface area contributed by atoms with Crippen molar-refractivity contribution in [1.82, 2.24) is 10.4 Å². The predicted molar refractivity (Wildman–Crippen MR) is 108 cm³/mol. The second kappa shape index (κ2) is 9.02. The first-order valence-corrected chi connectivity index (χ1v) is 10.4. The van der Waals surface area contributed by atoms with Gasteiger partial charge in [-0.25, -0.2) is 5.48 Å². The average molecular weight is 402 g/mol. The van der Waals surface area contributed by atoms with Crippen LogP contribution < -0.4 is 15.0 Å². The molecular formula is C22H31N3O4. The van der Waals surface area contributed by atoms with Gasteiger partial charge in [0.05, 0.1) is 24.6 Å². The van der Waals surface area contributed by atoms with E-state index in [4.69, 9.17) is 14.7 Å². The highest BCUT2D eigenvalue weighted by Gasteiger charge is 2.39. The first kappa shape index (κ1) is 21.4. The van der Waals surface area contributed by atoms with E-state index in [1.165, 1.54) is 12.8 Å². The summed E-state index contributed by atoms with van der Waals surface area (Å²) in [5.41, 5.74) is 2.01. The molecule has 3 rings (SSSR count). The van der Waals surface area contributed by atoms with Crippen molar-refractivity contribution in [2.24, 2.45) is 5.92 Å². The molecule has 7 heteroatoms. The normalized spacial score (nSPS) is 25.1. The fourth-order valence-corrected chi connectivity index (χ4v) is 4.53. The molecule has 1 saturated carbocycles. The minimum Gasteiger partial charge on any atom is -0.493 e. The summed E-state index contributed by atoms with van der Waals surface area (Å²) in [6.07, 6.45) is 4.78. The van der Waals surface area contributed by atoms with Crippen molar-refractivity contribution in [1.29, 1.82) is 5.26 Å². The van der Waals surface area contributed by atoms with E-state index < -0.39 is 17.4 Å². The first-order chi connectivity index (χ1) is 13.9. The van der Waals surface area contributed by atoms with Crippen LogP contribution in [0.2, 0.25) is 0 Å². The Bertz CT molecular complexity index is 768. The maximum absolute atomic E-state index is 11.7. The number of likely N-dealkylation sites (tertiary alicyclic amines) is 1. The summed E-state index contributed by atoms with van der Waals surface area (Å²) in [5, 5.41) is 18.9. The Hall–Kier alpha value is -2.30. The summed E-state index contributed by atoms with van der Waals surface area (Å²) in [4.78, 5) is 13.7. The van der Waals surface area contributed by atoms with Crippen LogP contribution in [0.3, 0.4) is 0 Å². The molecule has 2 fully saturated rings. The highest BCUT2D eigenvalue weighted by molar-refractivity contribution is 5.80. The van der Waals surface area contributed by atoms with Gasteiger partial charge in [-0.1, -0.05) is 13.0 Å². The third kappa shape index (κ3) is 4.34. The van der Waals surface area contributed by atoms with Gasteiger partial charge in [0.1, 0.15) is 6.10 Å². The summed E-state index contributed by atoms with van der Waals surface area (Å²) < 4.78 is 11.8. The maximum atomic E-state index is 11.7. The largest absolute Gasteiger partial charge is 0.493 e. The number of carbonyl (C=O) groups is 1. The Morgan fingerprint density at radius 2 is 2.07 bits per heavy atom. The minimum atomic E-state index is -0.627. The molecular weight excluding hydrogens is 370 g/mol. The van der Waals surface area contributed by atoms with Gasteiger partial charge in [-0.15, -0.1) is 0 Å². The second-order valence-corrected chi connectivity index (χ2v) is 8.31. The van der Waals surface area contributed by atoms with E-state index in [2.05, 4.69) is 13.0 Å². The van der Waals surface area contributed by atoms with E-state index in [1.54, 1.807) is 19.5 Å². The van der Waals surface area contributed by atoms with E-state index in [1.807, 2.05) is 23.1 Å². The molecule has 1 aromatic carbocycles. The van der Waals surface area contributed by atoms with Gasteiger partial charge in [-0.3, -0.25) is 14.9 Å². The lowest BCUT2D eigenvalue weighted by Crippen LogP contribution is -2.50. The summed E-state index contributed by atoms with van der Waals surface area (Å²) in [6.45, 7) is 5.17. The molecule has 2 aliphatic rings. The molecule has 7 nitrogen and oxygen atoms in total. The summed E-state index contributed by atoms with van der Waals surface area (Å²) in [7, 11) is 1.63. The molecule has 29 heavy (non-hydrogen) atoms. The highest BCUT2D eigenvalue weighted by atomic mass is 16.5. The van der Waals surface area contributed by atoms with Gasteiger partial charge in [0, 0.05) is 13.1 Å². The number of hydrogen-bond donors (Lipinski definition) is 2. The summed E-state index contributed by atoms with van der Waals surface area (Å²) >= 11 is 0. The highest BCUT2D eigenvalue weighted by Crippen LogP contribution is 2.41. The van der Waals surface area contributed by atoms with Crippen molar-refractivity contribution in [2.75, 3.05) is 20.2 Å². The number of nitriles is 1. The van der Waals surface area contributed by atoms with E-state index in [9.17, 15) is 10.1 Å². The molecule has 1 aliphatic carbocycles. The number of carbonyl (C=O) groups excluding carboxylic acids is 1. The minimum absolute atomic E-state index is 0.178. The Balaban J connectivity index is 1.80. The van der Waals surface area contributed by atoms with Crippen molar-refractivity contribution >= 4 is 5.91 Å². The fraction of sp³-hybridized carbons (Fsp3) is 0.636. The van der Waals surface area contributed by atoms with Crippen molar-refractivity contribution in [3.8, 4) is 17.6 Å². The van der Waals surface area contributed by atoms with E-state index in [0.29, 0.717) is 43.3 Å². The van der Waals surface area contributed by atoms with E-state index in [-0.39, 0.29) is 6.10 Å². The van der Waals surface area contributed by atoms with Gasteiger partial charge in [0.2, 0.25) is 0 Å². The molecule has 1 aliphatic heterocycles. The van der Waals surface area contributed by atoms with Crippen LogP contribution in [0.5, 0.6) is 11.5 Å². The van der Waals surface area contributed by atoms with Gasteiger partial charge in [-0.05, 0) is 62.6 Å². The monoisotopic (exact) mass is 401 g/mol. The summed E-state index contributed by atoms with van der Waals surface area (Å²) in [5.74, 6) is 1.47. The standard InChI is InChI=1S/C22H31N3O4/c1-15-5-4-6-18(15)29-20-13-17(7-8-19(20)28-3)22(14-23)9-11-25(12-10-22)16(2)21(26)24-27/h7-8,13,15-16,18,27H,4-6,9-12H2,1-3H3,(H,24,26)/t15-,16+,18?/m0/s1. The van der Waals surface area contributed by atoms with Gasteiger partial charge in [0.25, 0.3) is 5.91 Å². The third-order valence-corrected chi connectivity index (χ3v) is 6.68. The quantitative estimate of drug-likeness (QED) is 0.562. The first-order valence-electron chi connectivity index (χ1n) is 10.4. The molecule has 0 bridgehead atoms. The Kier molecular flexibility index (Phi) is 6.66. The molecule has 158 valence electrons. The van der Waals surface area contributed by atoms with Crippen LogP contribution in [0.15, 0.2) is 18.2 Å². The zero-order chi connectivity index (χ0) is 21.0. The Morgan fingerprint density at radius 1 is 1.34 bits per heavy atom. The molecule has 1 unspecified atom stereocenters. The van der Waals surface area contributed by atoms with Crippen molar-refractivity contribution in [2.45, 2.75) is 63.5 Å². The molecule has 1 amide bonds. The molecule has 0 spiro atoms. The van der Waals surface area contributed by atoms with Crippen LogP contribution in [-0.2, 0) is 10.2 Å². The van der Waals surface area contributed by atoms with Crippen LogP contribution in [0, 0.1) is 17.2 Å². The maximum Gasteiger partial charge on any atom is 0.260 e. The lowest BCUT2D eigenvalue weighted by Gasteiger charge is -2.39. The number of methoxy groups -OCH3 is 1. The summed E-state index contributed by atoms with van der Waals surface area (Å²) in [6, 6.07) is 7.90. The van der Waals surface area contributed by atoms with Gasteiger partial charge >= 0.3 is 0 Å². The molecule has 0 radical (unpaired) electrons. The zero-order valence-corrected chi connectivity index (χ0v) is 17.5. The lowest BCUT2D eigenvalue weighted by atomic mass is 9.73. The SMILES string of the molecule is COc1ccc(C2(C#N)CCN([C@H](C)C(=O)NO)CC2)cc1OC1CCC[C@@H]1C. The molecule has 1 heterocycles. The molecule has 2 N–H and O–H groups in total. The number of nitrogens with zero attached hydrogens (tertiary/aromatic N) is 2. The van der Waals surface area contributed by atoms with Crippen molar-refractivity contribution in [3.05, 3.63) is 23.8 Å². The number of ether oxygens (including phenoxy) is 2. The number of piperidine rings is 1. The zero-order valence-electron chi connectivity index (χ0n) is 17.5. The molecule has 3 atom stereocenters. The predicted octanol–water partition coefficient (Wildman–Crippen LogP) is 3.01. The van der Waals surface area contributed by atoms with Crippen LogP contribution in [0.25, 0.3) is 0 Å². The second-order valence-electron chi connectivity index (χ2n) is 8.31. The number of rotatable bonds is 6. The van der Waals surface area contributed by atoms with Crippen LogP contribution in [0.4, 0.5) is 0 Å².